The molecule has 4 aromatic rings. The van der Waals surface area contributed by atoms with Gasteiger partial charge in [0.25, 0.3) is 5.91 Å². The van der Waals surface area contributed by atoms with E-state index in [4.69, 9.17) is 9.26 Å². The van der Waals surface area contributed by atoms with E-state index in [-0.39, 0.29) is 5.91 Å². The highest BCUT2D eigenvalue weighted by molar-refractivity contribution is 6.04. The predicted molar refractivity (Wildman–Crippen MR) is 105 cm³/mol. The Bertz CT molecular complexity index is 1140. The van der Waals surface area contributed by atoms with Gasteiger partial charge in [0.1, 0.15) is 18.1 Å². The van der Waals surface area contributed by atoms with Crippen LogP contribution in [0.15, 0.2) is 53.1 Å². The van der Waals surface area contributed by atoms with Crippen LogP contribution in [0.1, 0.15) is 27.4 Å². The van der Waals surface area contributed by atoms with Crippen molar-refractivity contribution in [1.82, 2.24) is 14.7 Å². The van der Waals surface area contributed by atoms with Gasteiger partial charge in [-0.05, 0) is 44.2 Å². The largest absolute Gasteiger partial charge is 0.489 e. The van der Waals surface area contributed by atoms with Crippen LogP contribution in [0.4, 0.5) is 5.95 Å². The van der Waals surface area contributed by atoms with Crippen LogP contribution >= 0.6 is 0 Å². The second-order valence-corrected chi connectivity index (χ2v) is 6.56. The zero-order chi connectivity index (χ0) is 19.7. The summed E-state index contributed by atoms with van der Waals surface area (Å²) in [7, 11) is 1.87. The molecule has 0 radical (unpaired) electrons. The van der Waals surface area contributed by atoms with Crippen LogP contribution in [0.2, 0.25) is 0 Å². The molecule has 2 aromatic heterocycles. The molecule has 0 aliphatic rings. The Balaban J connectivity index is 1.50. The number of rotatable bonds is 5. The van der Waals surface area contributed by atoms with Crippen LogP contribution in [0.3, 0.4) is 0 Å². The minimum Gasteiger partial charge on any atom is -0.489 e. The number of ether oxygens (including phenoxy) is 1. The van der Waals surface area contributed by atoms with Crippen molar-refractivity contribution in [3.63, 3.8) is 0 Å². The number of hydrogen-bond donors (Lipinski definition) is 1. The monoisotopic (exact) mass is 376 g/mol. The fraction of sp³-hybridized carbons (Fsp3) is 0.190. The normalized spacial score (nSPS) is 11.0. The molecular formula is C21H20N4O3. The van der Waals surface area contributed by atoms with Crippen LogP contribution in [-0.4, -0.2) is 20.6 Å². The Morgan fingerprint density at radius 2 is 2.00 bits per heavy atom. The molecule has 0 bridgehead atoms. The van der Waals surface area contributed by atoms with Gasteiger partial charge in [-0.2, -0.15) is 0 Å². The van der Waals surface area contributed by atoms with Gasteiger partial charge in [0.2, 0.25) is 5.95 Å². The third-order valence-corrected chi connectivity index (χ3v) is 4.67. The third-order valence-electron chi connectivity index (χ3n) is 4.67. The standard InChI is InChI=1S/C21H20N4O3/c1-13-17(14(2)28-24-13)12-27-16-8-6-7-15(11-16)20(26)23-21-22-18-9-4-5-10-19(18)25(21)3/h4-11H,12H2,1-3H3,(H,22,23,26). The van der Waals surface area contributed by atoms with Crippen molar-refractivity contribution in [2.45, 2.75) is 20.5 Å². The summed E-state index contributed by atoms with van der Waals surface area (Å²) in [6.07, 6.45) is 0. The van der Waals surface area contributed by atoms with Gasteiger partial charge in [-0.3, -0.25) is 10.1 Å². The van der Waals surface area contributed by atoms with Crippen molar-refractivity contribution in [2.24, 2.45) is 7.05 Å². The van der Waals surface area contributed by atoms with Crippen molar-refractivity contribution < 1.29 is 14.1 Å². The number of fused-ring (bicyclic) bond motifs is 1. The van der Waals surface area contributed by atoms with Gasteiger partial charge in [-0.25, -0.2) is 4.98 Å². The number of amides is 1. The minimum absolute atomic E-state index is 0.249. The number of carbonyl (C=O) groups excluding carboxylic acids is 1. The van der Waals surface area contributed by atoms with Gasteiger partial charge in [0.15, 0.2) is 0 Å². The maximum atomic E-state index is 12.7. The van der Waals surface area contributed by atoms with Crippen LogP contribution in [0.25, 0.3) is 11.0 Å². The van der Waals surface area contributed by atoms with Gasteiger partial charge in [-0.1, -0.05) is 23.4 Å². The molecule has 1 N–H and O–H groups in total. The van der Waals surface area contributed by atoms with E-state index in [0.29, 0.717) is 23.9 Å². The van der Waals surface area contributed by atoms with Crippen molar-refractivity contribution >= 4 is 22.9 Å². The quantitative estimate of drug-likeness (QED) is 0.569. The molecule has 0 saturated carbocycles. The summed E-state index contributed by atoms with van der Waals surface area (Å²) >= 11 is 0. The summed E-state index contributed by atoms with van der Waals surface area (Å²) in [5.74, 6) is 1.57. The summed E-state index contributed by atoms with van der Waals surface area (Å²) in [6.45, 7) is 4.05. The SMILES string of the molecule is Cc1noc(C)c1COc1cccc(C(=O)Nc2nc3ccccc3n2C)c1. The first kappa shape index (κ1) is 17.8. The fourth-order valence-corrected chi connectivity index (χ4v) is 3.02. The number of hydrogen-bond acceptors (Lipinski definition) is 5. The third kappa shape index (κ3) is 3.34. The Morgan fingerprint density at radius 3 is 2.75 bits per heavy atom. The number of carbonyl (C=O) groups is 1. The summed E-state index contributed by atoms with van der Waals surface area (Å²) in [4.78, 5) is 17.2. The molecular weight excluding hydrogens is 356 g/mol. The number of nitrogens with zero attached hydrogens (tertiary/aromatic N) is 3. The Morgan fingerprint density at radius 1 is 1.18 bits per heavy atom. The van der Waals surface area contributed by atoms with E-state index in [1.165, 1.54) is 0 Å². The molecule has 0 fully saturated rings. The molecule has 7 nitrogen and oxygen atoms in total. The second kappa shape index (κ2) is 7.19. The van der Waals surface area contributed by atoms with E-state index in [2.05, 4.69) is 15.5 Å². The molecule has 0 aliphatic carbocycles. The molecule has 2 heterocycles. The van der Waals surface area contributed by atoms with Gasteiger partial charge < -0.3 is 13.8 Å². The van der Waals surface area contributed by atoms with E-state index in [9.17, 15) is 4.79 Å². The molecule has 2 aromatic carbocycles. The molecule has 1 amide bonds. The smallest absolute Gasteiger partial charge is 0.258 e. The highest BCUT2D eigenvalue weighted by Crippen LogP contribution is 2.21. The van der Waals surface area contributed by atoms with Crippen molar-refractivity contribution in [3.05, 3.63) is 71.1 Å². The average Bonchev–Trinajstić information content (AvgIpc) is 3.19. The second-order valence-electron chi connectivity index (χ2n) is 6.56. The van der Waals surface area contributed by atoms with Gasteiger partial charge in [-0.15, -0.1) is 0 Å². The van der Waals surface area contributed by atoms with E-state index in [1.807, 2.05) is 55.8 Å². The lowest BCUT2D eigenvalue weighted by atomic mass is 10.2. The highest BCUT2D eigenvalue weighted by Gasteiger charge is 2.14. The molecule has 28 heavy (non-hydrogen) atoms. The van der Waals surface area contributed by atoms with Crippen LogP contribution in [0, 0.1) is 13.8 Å². The van der Waals surface area contributed by atoms with Gasteiger partial charge in [0.05, 0.1) is 22.3 Å². The number of aryl methyl sites for hydroxylation is 3. The molecule has 7 heteroatoms. The lowest BCUT2D eigenvalue weighted by Gasteiger charge is -2.09. The number of nitrogens with one attached hydrogen (secondary N) is 1. The number of benzene rings is 2. The highest BCUT2D eigenvalue weighted by atomic mass is 16.5. The summed E-state index contributed by atoms with van der Waals surface area (Å²) in [5, 5.41) is 6.78. The van der Waals surface area contributed by atoms with E-state index < -0.39 is 0 Å². The predicted octanol–water partition coefficient (Wildman–Crippen LogP) is 4.01. The minimum atomic E-state index is -0.249. The van der Waals surface area contributed by atoms with Crippen LogP contribution in [-0.2, 0) is 13.7 Å². The maximum absolute atomic E-state index is 12.7. The zero-order valence-corrected chi connectivity index (χ0v) is 15.9. The first-order valence-corrected chi connectivity index (χ1v) is 8.90. The van der Waals surface area contributed by atoms with Crippen molar-refractivity contribution in [1.29, 1.82) is 0 Å². The fourth-order valence-electron chi connectivity index (χ4n) is 3.02. The molecule has 142 valence electrons. The number of imidazole rings is 1. The number of aromatic nitrogens is 3. The Kier molecular flexibility index (Phi) is 4.57. The summed E-state index contributed by atoms with van der Waals surface area (Å²) < 4.78 is 12.8. The molecule has 0 aliphatic heterocycles. The van der Waals surface area contributed by atoms with Gasteiger partial charge in [0, 0.05) is 12.6 Å². The van der Waals surface area contributed by atoms with Crippen molar-refractivity contribution in [2.75, 3.05) is 5.32 Å². The first-order chi connectivity index (χ1) is 13.5. The van der Waals surface area contributed by atoms with E-state index >= 15 is 0 Å². The molecule has 0 unspecified atom stereocenters. The lowest BCUT2D eigenvalue weighted by Crippen LogP contribution is -2.15. The maximum Gasteiger partial charge on any atom is 0.258 e. The van der Waals surface area contributed by atoms with Crippen LogP contribution < -0.4 is 10.1 Å². The molecule has 0 spiro atoms. The average molecular weight is 376 g/mol. The molecule has 0 saturated heterocycles. The molecule has 0 atom stereocenters. The Labute approximate surface area is 161 Å². The number of para-hydroxylation sites is 2. The van der Waals surface area contributed by atoms with Crippen molar-refractivity contribution in [3.8, 4) is 5.75 Å². The first-order valence-electron chi connectivity index (χ1n) is 8.90. The Hall–Kier alpha value is -3.61. The zero-order valence-electron chi connectivity index (χ0n) is 15.9. The molecule has 4 rings (SSSR count). The van der Waals surface area contributed by atoms with E-state index in [1.54, 1.807) is 18.2 Å². The van der Waals surface area contributed by atoms with E-state index in [0.717, 1.165) is 28.1 Å². The summed E-state index contributed by atoms with van der Waals surface area (Å²) in [5.41, 5.74) is 3.98. The topological polar surface area (TPSA) is 82.2 Å². The summed E-state index contributed by atoms with van der Waals surface area (Å²) in [6, 6.07) is 14.8. The van der Waals surface area contributed by atoms with Gasteiger partial charge >= 0.3 is 0 Å². The number of anilines is 1. The lowest BCUT2D eigenvalue weighted by molar-refractivity contribution is 0.102. The van der Waals surface area contributed by atoms with Crippen LogP contribution in [0.5, 0.6) is 5.75 Å².